The number of carbonyl (C=O) groups excluding carboxylic acids is 2. The van der Waals surface area contributed by atoms with Gasteiger partial charge in [0.2, 0.25) is 11.8 Å². The second kappa shape index (κ2) is 7.12. The summed E-state index contributed by atoms with van der Waals surface area (Å²) in [6.07, 6.45) is 8.96. The van der Waals surface area contributed by atoms with Gasteiger partial charge in [-0.05, 0) is 43.6 Å². The summed E-state index contributed by atoms with van der Waals surface area (Å²) in [7, 11) is 0. The molecule has 1 aliphatic carbocycles. The molecule has 0 aromatic heterocycles. The van der Waals surface area contributed by atoms with Gasteiger partial charge in [0.05, 0.1) is 18.5 Å². The third-order valence-electron chi connectivity index (χ3n) is 6.01. The number of likely N-dealkylation sites (tertiary alicyclic amines) is 2. The summed E-state index contributed by atoms with van der Waals surface area (Å²) in [6.45, 7) is 2.44. The van der Waals surface area contributed by atoms with Gasteiger partial charge in [-0.15, -0.1) is 0 Å². The minimum absolute atomic E-state index is 0.0470. The van der Waals surface area contributed by atoms with Crippen LogP contribution in [-0.4, -0.2) is 41.4 Å². The zero-order chi connectivity index (χ0) is 17.2. The third kappa shape index (κ3) is 3.40. The summed E-state index contributed by atoms with van der Waals surface area (Å²) < 4.78 is 0. The quantitative estimate of drug-likeness (QED) is 0.626. The lowest BCUT2D eigenvalue weighted by atomic mass is 9.85. The molecular formula is C21H26N2O2. The average molecular weight is 338 g/mol. The van der Waals surface area contributed by atoms with Gasteiger partial charge in [-0.3, -0.25) is 19.4 Å². The van der Waals surface area contributed by atoms with E-state index in [0.717, 1.165) is 45.2 Å². The molecular weight excluding hydrogens is 312 g/mol. The van der Waals surface area contributed by atoms with Gasteiger partial charge < -0.3 is 0 Å². The SMILES string of the molecule is O=C1[C@H]2CC=CC[C@@H]2C(=O)N1CN1CCC(Cc2ccccc2)CC1. The van der Waals surface area contributed by atoms with Gasteiger partial charge in [0.25, 0.3) is 0 Å². The minimum atomic E-state index is -0.104. The number of nitrogens with zero attached hydrogens (tertiary/aromatic N) is 2. The molecule has 2 atom stereocenters. The van der Waals surface area contributed by atoms with Crippen LogP contribution in [0.15, 0.2) is 42.5 Å². The first-order valence-corrected chi connectivity index (χ1v) is 9.49. The van der Waals surface area contributed by atoms with Gasteiger partial charge in [-0.1, -0.05) is 42.5 Å². The van der Waals surface area contributed by atoms with Gasteiger partial charge >= 0.3 is 0 Å². The van der Waals surface area contributed by atoms with Crippen molar-refractivity contribution >= 4 is 11.8 Å². The molecule has 2 fully saturated rings. The van der Waals surface area contributed by atoms with Crippen molar-refractivity contribution in [3.05, 3.63) is 48.0 Å². The molecule has 0 saturated carbocycles. The minimum Gasteiger partial charge on any atom is -0.286 e. The summed E-state index contributed by atoms with van der Waals surface area (Å²) in [4.78, 5) is 29.0. The van der Waals surface area contributed by atoms with E-state index in [2.05, 4.69) is 35.2 Å². The van der Waals surface area contributed by atoms with Crippen LogP contribution in [0, 0.1) is 17.8 Å². The zero-order valence-corrected chi connectivity index (χ0v) is 14.6. The molecule has 2 heterocycles. The van der Waals surface area contributed by atoms with Gasteiger partial charge in [0.1, 0.15) is 0 Å². The van der Waals surface area contributed by atoms with E-state index in [4.69, 9.17) is 0 Å². The Labute approximate surface area is 149 Å². The highest BCUT2D eigenvalue weighted by atomic mass is 16.2. The van der Waals surface area contributed by atoms with Crippen molar-refractivity contribution < 1.29 is 9.59 Å². The molecule has 0 radical (unpaired) electrons. The fourth-order valence-electron chi connectivity index (χ4n) is 4.49. The fourth-order valence-corrected chi connectivity index (χ4v) is 4.49. The first kappa shape index (κ1) is 16.5. The Morgan fingerprint density at radius 1 is 0.880 bits per heavy atom. The standard InChI is InChI=1S/C21H26N2O2/c24-20-18-8-4-5-9-19(18)21(25)23(20)15-22-12-10-17(11-13-22)14-16-6-2-1-3-7-16/h1-7,17-19H,8-15H2/t18-,19-/m0/s1. The molecule has 0 bridgehead atoms. The lowest BCUT2D eigenvalue weighted by Gasteiger charge is -2.34. The number of hydrogen-bond donors (Lipinski definition) is 0. The number of fused-ring (bicyclic) bond motifs is 1. The Morgan fingerprint density at radius 3 is 2.08 bits per heavy atom. The monoisotopic (exact) mass is 338 g/mol. The maximum Gasteiger partial charge on any atom is 0.234 e. The van der Waals surface area contributed by atoms with Crippen molar-refractivity contribution in [1.29, 1.82) is 0 Å². The van der Waals surface area contributed by atoms with E-state index in [-0.39, 0.29) is 23.7 Å². The first-order valence-electron chi connectivity index (χ1n) is 9.49. The molecule has 4 heteroatoms. The van der Waals surface area contributed by atoms with Crippen molar-refractivity contribution in [3.8, 4) is 0 Å². The van der Waals surface area contributed by atoms with E-state index in [1.807, 2.05) is 12.2 Å². The fraction of sp³-hybridized carbons (Fsp3) is 0.524. The number of rotatable bonds is 4. The van der Waals surface area contributed by atoms with Crippen molar-refractivity contribution in [2.75, 3.05) is 19.8 Å². The molecule has 132 valence electrons. The van der Waals surface area contributed by atoms with E-state index in [0.29, 0.717) is 12.6 Å². The van der Waals surface area contributed by atoms with Crippen LogP contribution in [0.1, 0.15) is 31.2 Å². The molecule has 4 nitrogen and oxygen atoms in total. The molecule has 2 aliphatic heterocycles. The number of carbonyl (C=O) groups is 2. The Morgan fingerprint density at radius 2 is 1.48 bits per heavy atom. The van der Waals surface area contributed by atoms with Crippen LogP contribution in [0.3, 0.4) is 0 Å². The molecule has 25 heavy (non-hydrogen) atoms. The summed E-state index contributed by atoms with van der Waals surface area (Å²) in [6, 6.07) is 10.7. The van der Waals surface area contributed by atoms with E-state index < -0.39 is 0 Å². The predicted molar refractivity (Wildman–Crippen MR) is 96.5 cm³/mol. The van der Waals surface area contributed by atoms with E-state index in [1.54, 1.807) is 0 Å². The van der Waals surface area contributed by atoms with Crippen molar-refractivity contribution in [2.24, 2.45) is 17.8 Å². The van der Waals surface area contributed by atoms with E-state index in [1.165, 1.54) is 10.5 Å². The summed E-state index contributed by atoms with van der Waals surface area (Å²) in [5.41, 5.74) is 1.41. The average Bonchev–Trinajstić information content (AvgIpc) is 2.89. The summed E-state index contributed by atoms with van der Waals surface area (Å²) in [5.74, 6) is 0.591. The maximum atomic E-state index is 12.6. The Bertz CT molecular complexity index is 636. The number of imide groups is 1. The molecule has 0 unspecified atom stereocenters. The molecule has 2 amide bonds. The highest BCUT2D eigenvalue weighted by Crippen LogP contribution is 2.35. The van der Waals surface area contributed by atoms with Gasteiger partial charge in [0, 0.05) is 13.1 Å². The Kier molecular flexibility index (Phi) is 4.71. The second-order valence-corrected chi connectivity index (χ2v) is 7.65. The largest absolute Gasteiger partial charge is 0.286 e. The van der Waals surface area contributed by atoms with E-state index in [9.17, 15) is 9.59 Å². The van der Waals surface area contributed by atoms with Crippen molar-refractivity contribution in [1.82, 2.24) is 9.80 Å². The van der Waals surface area contributed by atoms with Crippen molar-refractivity contribution in [2.45, 2.75) is 32.1 Å². The normalized spacial score (nSPS) is 27.8. The van der Waals surface area contributed by atoms with Gasteiger partial charge in [-0.25, -0.2) is 0 Å². The van der Waals surface area contributed by atoms with Gasteiger partial charge in [0.15, 0.2) is 0 Å². The summed E-state index contributed by atoms with van der Waals surface area (Å²) in [5, 5.41) is 0. The lowest BCUT2D eigenvalue weighted by Crippen LogP contribution is -2.45. The zero-order valence-electron chi connectivity index (χ0n) is 14.6. The topological polar surface area (TPSA) is 40.6 Å². The number of allylic oxidation sites excluding steroid dienone is 2. The Hall–Kier alpha value is -1.94. The second-order valence-electron chi connectivity index (χ2n) is 7.65. The smallest absolute Gasteiger partial charge is 0.234 e. The number of piperidine rings is 1. The molecule has 4 rings (SSSR count). The predicted octanol–water partition coefficient (Wildman–Crippen LogP) is 2.85. The van der Waals surface area contributed by atoms with Crippen LogP contribution in [0.5, 0.6) is 0 Å². The van der Waals surface area contributed by atoms with Crippen LogP contribution in [0.25, 0.3) is 0 Å². The summed E-state index contributed by atoms with van der Waals surface area (Å²) >= 11 is 0. The van der Waals surface area contributed by atoms with Crippen LogP contribution in [0.2, 0.25) is 0 Å². The molecule has 1 aromatic carbocycles. The number of benzene rings is 1. The van der Waals surface area contributed by atoms with Gasteiger partial charge in [-0.2, -0.15) is 0 Å². The molecule has 0 spiro atoms. The van der Waals surface area contributed by atoms with Crippen LogP contribution < -0.4 is 0 Å². The van der Waals surface area contributed by atoms with E-state index >= 15 is 0 Å². The number of amides is 2. The highest BCUT2D eigenvalue weighted by molar-refractivity contribution is 6.05. The molecule has 2 saturated heterocycles. The molecule has 1 aromatic rings. The first-order chi connectivity index (χ1) is 12.2. The maximum absolute atomic E-state index is 12.6. The third-order valence-corrected chi connectivity index (χ3v) is 6.01. The number of hydrogen-bond acceptors (Lipinski definition) is 3. The lowest BCUT2D eigenvalue weighted by molar-refractivity contribution is -0.142. The molecule has 3 aliphatic rings. The van der Waals surface area contributed by atoms with Crippen LogP contribution in [-0.2, 0) is 16.0 Å². The highest BCUT2D eigenvalue weighted by Gasteiger charge is 2.47. The van der Waals surface area contributed by atoms with Crippen LogP contribution >= 0.6 is 0 Å². The molecule has 0 N–H and O–H groups in total. The van der Waals surface area contributed by atoms with Crippen molar-refractivity contribution in [3.63, 3.8) is 0 Å². The Balaban J connectivity index is 1.30. The van der Waals surface area contributed by atoms with Crippen LogP contribution in [0.4, 0.5) is 0 Å².